The van der Waals surface area contributed by atoms with Crippen LogP contribution in [-0.4, -0.2) is 45.1 Å². The highest BCUT2D eigenvalue weighted by Gasteiger charge is 2.31. The standard InChI is InChI=1S/C24H26F3N5O5/c1-16(33)10-12-32-22(34)20(21(28-2)30(3)23(32)35)31(14-17-7-4-5-11-29-17)15-36-18-8-6-9-19(13-18)37-24(25,26)27/h4-9,11,13,16,33H,2,10,12,14-15H2,1,3H3. The molecule has 0 bridgehead atoms. The van der Waals surface area contributed by atoms with Gasteiger partial charge < -0.3 is 19.5 Å². The first-order chi connectivity index (χ1) is 17.5. The van der Waals surface area contributed by atoms with E-state index in [0.29, 0.717) is 5.69 Å². The Morgan fingerprint density at radius 1 is 1.19 bits per heavy atom. The second-order valence-electron chi connectivity index (χ2n) is 8.08. The Hall–Kier alpha value is -4.13. The summed E-state index contributed by atoms with van der Waals surface area (Å²) in [5.41, 5.74) is -0.831. The predicted molar refractivity (Wildman–Crippen MR) is 130 cm³/mol. The number of aliphatic hydroxyl groups excluding tert-OH is 1. The normalized spacial score (nSPS) is 12.2. The van der Waals surface area contributed by atoms with Crippen molar-refractivity contribution in [1.82, 2.24) is 14.1 Å². The molecule has 1 aromatic carbocycles. The number of anilines is 1. The molecule has 1 unspecified atom stereocenters. The van der Waals surface area contributed by atoms with Crippen LogP contribution in [0.2, 0.25) is 0 Å². The average molecular weight is 521 g/mol. The first kappa shape index (κ1) is 27.5. The molecule has 198 valence electrons. The second-order valence-corrected chi connectivity index (χ2v) is 8.08. The van der Waals surface area contributed by atoms with E-state index < -0.39 is 29.5 Å². The fourth-order valence-corrected chi connectivity index (χ4v) is 3.50. The smallest absolute Gasteiger partial charge is 0.473 e. The van der Waals surface area contributed by atoms with E-state index in [4.69, 9.17) is 4.74 Å². The summed E-state index contributed by atoms with van der Waals surface area (Å²) >= 11 is 0. The minimum absolute atomic E-state index is 0.0306. The fourth-order valence-electron chi connectivity index (χ4n) is 3.50. The highest BCUT2D eigenvalue weighted by atomic mass is 19.4. The van der Waals surface area contributed by atoms with Gasteiger partial charge in [-0.3, -0.25) is 18.9 Å². The van der Waals surface area contributed by atoms with Gasteiger partial charge in [0.05, 0.1) is 18.3 Å². The zero-order valence-corrected chi connectivity index (χ0v) is 20.2. The number of aliphatic imine (C=N–C) groups is 1. The molecule has 0 radical (unpaired) electrons. The lowest BCUT2D eigenvalue weighted by Crippen LogP contribution is -2.44. The maximum atomic E-state index is 13.5. The van der Waals surface area contributed by atoms with Crippen LogP contribution < -0.4 is 25.6 Å². The second kappa shape index (κ2) is 11.7. The molecule has 0 aliphatic carbocycles. The molecule has 10 nitrogen and oxygen atoms in total. The lowest BCUT2D eigenvalue weighted by molar-refractivity contribution is -0.274. The van der Waals surface area contributed by atoms with Crippen LogP contribution in [0.15, 0.2) is 63.2 Å². The Morgan fingerprint density at radius 3 is 2.54 bits per heavy atom. The number of hydrogen-bond acceptors (Lipinski definition) is 8. The first-order valence-corrected chi connectivity index (χ1v) is 11.1. The topological polar surface area (TPSA) is 111 Å². The van der Waals surface area contributed by atoms with Crippen LogP contribution in [0, 0.1) is 0 Å². The zero-order valence-electron chi connectivity index (χ0n) is 20.2. The van der Waals surface area contributed by atoms with Crippen molar-refractivity contribution in [3.8, 4) is 11.5 Å². The molecular formula is C24H26F3N5O5. The van der Waals surface area contributed by atoms with Gasteiger partial charge in [0.1, 0.15) is 17.2 Å². The van der Waals surface area contributed by atoms with Gasteiger partial charge in [-0.1, -0.05) is 12.1 Å². The predicted octanol–water partition coefficient (Wildman–Crippen LogP) is 2.99. The van der Waals surface area contributed by atoms with E-state index in [-0.39, 0.29) is 43.5 Å². The van der Waals surface area contributed by atoms with Crippen LogP contribution in [0.1, 0.15) is 19.0 Å². The number of ether oxygens (including phenoxy) is 2. The molecule has 0 amide bonds. The van der Waals surface area contributed by atoms with Crippen LogP contribution in [0.25, 0.3) is 0 Å². The van der Waals surface area contributed by atoms with E-state index >= 15 is 0 Å². The summed E-state index contributed by atoms with van der Waals surface area (Å²) in [7, 11) is 1.42. The van der Waals surface area contributed by atoms with Crippen molar-refractivity contribution in [2.45, 2.75) is 38.9 Å². The van der Waals surface area contributed by atoms with Crippen LogP contribution in [0.3, 0.4) is 0 Å². The summed E-state index contributed by atoms with van der Waals surface area (Å²) in [4.78, 5) is 35.9. The average Bonchev–Trinajstić information content (AvgIpc) is 2.83. The Morgan fingerprint density at radius 2 is 1.92 bits per heavy atom. The molecule has 0 aliphatic rings. The number of hydrogen-bond donors (Lipinski definition) is 1. The van der Waals surface area contributed by atoms with Crippen molar-refractivity contribution in [2.75, 3.05) is 11.6 Å². The minimum atomic E-state index is -4.87. The highest BCUT2D eigenvalue weighted by Crippen LogP contribution is 2.28. The summed E-state index contributed by atoms with van der Waals surface area (Å²) in [6.45, 7) is 4.68. The van der Waals surface area contributed by atoms with E-state index in [9.17, 15) is 27.9 Å². The maximum Gasteiger partial charge on any atom is 0.573 e. The van der Waals surface area contributed by atoms with Crippen LogP contribution >= 0.6 is 0 Å². The molecule has 0 aliphatic heterocycles. The van der Waals surface area contributed by atoms with E-state index in [1.54, 1.807) is 24.4 Å². The van der Waals surface area contributed by atoms with E-state index in [1.807, 2.05) is 0 Å². The largest absolute Gasteiger partial charge is 0.573 e. The minimum Gasteiger partial charge on any atom is -0.473 e. The van der Waals surface area contributed by atoms with Crippen LogP contribution in [-0.2, 0) is 20.1 Å². The van der Waals surface area contributed by atoms with Gasteiger partial charge in [0.15, 0.2) is 12.5 Å². The van der Waals surface area contributed by atoms with Gasteiger partial charge in [0.25, 0.3) is 5.56 Å². The number of benzene rings is 1. The first-order valence-electron chi connectivity index (χ1n) is 11.1. The van der Waals surface area contributed by atoms with Gasteiger partial charge in [-0.2, -0.15) is 0 Å². The molecule has 0 saturated carbocycles. The molecule has 0 spiro atoms. The molecule has 3 rings (SSSR count). The van der Waals surface area contributed by atoms with Gasteiger partial charge in [-0.25, -0.2) is 9.79 Å². The maximum absolute atomic E-state index is 13.5. The molecule has 37 heavy (non-hydrogen) atoms. The SMILES string of the molecule is C=Nc1c(N(COc2cccc(OC(F)(F)F)c2)Cc2ccccn2)c(=O)n(CCC(C)O)c(=O)n1C. The Balaban J connectivity index is 2.04. The summed E-state index contributed by atoms with van der Waals surface area (Å²) in [6, 6.07) is 10.1. The molecule has 3 aromatic rings. The molecule has 1 atom stereocenters. The van der Waals surface area contributed by atoms with Crippen LogP contribution in [0.4, 0.5) is 24.7 Å². The number of nitrogens with zero attached hydrogens (tertiary/aromatic N) is 5. The summed E-state index contributed by atoms with van der Waals surface area (Å²) in [5.74, 6) is -0.463. The van der Waals surface area contributed by atoms with Crippen molar-refractivity contribution in [3.05, 3.63) is 75.2 Å². The molecule has 1 N–H and O–H groups in total. The number of rotatable bonds is 11. The molecule has 0 saturated heterocycles. The van der Waals surface area contributed by atoms with E-state index in [0.717, 1.165) is 21.3 Å². The molecule has 0 fully saturated rings. The quantitative estimate of drug-likeness (QED) is 0.305. The fraction of sp³-hybridized carbons (Fsp3) is 0.333. The third-order valence-electron chi connectivity index (χ3n) is 5.24. The monoisotopic (exact) mass is 521 g/mol. The summed E-state index contributed by atoms with van der Waals surface area (Å²) < 4.78 is 49.7. The Bertz CT molecular complexity index is 1340. The van der Waals surface area contributed by atoms with Crippen molar-refractivity contribution in [3.63, 3.8) is 0 Å². The van der Waals surface area contributed by atoms with Gasteiger partial charge in [-0.05, 0) is 44.3 Å². The van der Waals surface area contributed by atoms with Crippen molar-refractivity contribution >= 4 is 18.2 Å². The van der Waals surface area contributed by atoms with Crippen molar-refractivity contribution in [2.24, 2.45) is 12.0 Å². The highest BCUT2D eigenvalue weighted by molar-refractivity contribution is 5.64. The van der Waals surface area contributed by atoms with Gasteiger partial charge >= 0.3 is 12.1 Å². The zero-order chi connectivity index (χ0) is 27.2. The number of pyridine rings is 1. The van der Waals surface area contributed by atoms with Gasteiger partial charge in [0, 0.05) is 25.9 Å². The number of halogens is 3. The molecule has 13 heteroatoms. The lowest BCUT2D eigenvalue weighted by Gasteiger charge is -2.26. The van der Waals surface area contributed by atoms with Gasteiger partial charge in [0.2, 0.25) is 0 Å². The molecule has 2 aromatic heterocycles. The Labute approximate surface area is 209 Å². The number of alkyl halides is 3. The summed E-state index contributed by atoms with van der Waals surface area (Å²) in [5, 5.41) is 9.67. The third-order valence-corrected chi connectivity index (χ3v) is 5.24. The molecular weight excluding hydrogens is 495 g/mol. The number of aliphatic hydroxyl groups is 1. The molecule has 2 heterocycles. The van der Waals surface area contributed by atoms with Gasteiger partial charge in [-0.15, -0.1) is 13.2 Å². The van der Waals surface area contributed by atoms with E-state index in [2.05, 4.69) is 21.4 Å². The third kappa shape index (κ3) is 7.19. The summed E-state index contributed by atoms with van der Waals surface area (Å²) in [6.07, 6.45) is -3.92. The van der Waals surface area contributed by atoms with Crippen molar-refractivity contribution in [1.29, 1.82) is 0 Å². The van der Waals surface area contributed by atoms with Crippen molar-refractivity contribution < 1.29 is 27.8 Å². The lowest BCUT2D eigenvalue weighted by atomic mass is 10.2. The Kier molecular flexibility index (Phi) is 8.71. The van der Waals surface area contributed by atoms with E-state index in [1.165, 1.54) is 31.0 Å². The van der Waals surface area contributed by atoms with Crippen LogP contribution in [0.5, 0.6) is 11.5 Å². The number of aromatic nitrogens is 3.